The SMILES string of the molecule is COc1ccc(CNc2ccc(N)c(N)c2)cc1. The molecule has 4 heteroatoms. The highest BCUT2D eigenvalue weighted by Gasteiger charge is 1.98. The van der Waals surface area contributed by atoms with Crippen molar-refractivity contribution in [3.8, 4) is 5.75 Å². The minimum absolute atomic E-state index is 0.592. The molecule has 2 aromatic rings. The highest BCUT2D eigenvalue weighted by atomic mass is 16.5. The van der Waals surface area contributed by atoms with Gasteiger partial charge in [-0.15, -0.1) is 0 Å². The molecule has 0 atom stereocenters. The number of hydrogen-bond donors (Lipinski definition) is 3. The van der Waals surface area contributed by atoms with Gasteiger partial charge in [0, 0.05) is 12.2 Å². The van der Waals surface area contributed by atoms with Gasteiger partial charge in [-0.25, -0.2) is 0 Å². The zero-order valence-corrected chi connectivity index (χ0v) is 10.3. The number of rotatable bonds is 4. The number of anilines is 3. The van der Waals surface area contributed by atoms with E-state index in [-0.39, 0.29) is 0 Å². The van der Waals surface area contributed by atoms with E-state index < -0.39 is 0 Å². The molecule has 0 aromatic heterocycles. The van der Waals surface area contributed by atoms with Gasteiger partial charge in [0.1, 0.15) is 5.75 Å². The Morgan fingerprint density at radius 3 is 2.33 bits per heavy atom. The number of benzene rings is 2. The standard InChI is InChI=1S/C14H17N3O/c1-18-12-5-2-10(3-6-12)9-17-11-4-7-13(15)14(16)8-11/h2-8,17H,9,15-16H2,1H3. The molecule has 94 valence electrons. The Hall–Kier alpha value is -2.36. The summed E-state index contributed by atoms with van der Waals surface area (Å²) in [4.78, 5) is 0. The van der Waals surface area contributed by atoms with Gasteiger partial charge in [0.2, 0.25) is 0 Å². The lowest BCUT2D eigenvalue weighted by Crippen LogP contribution is -2.01. The van der Waals surface area contributed by atoms with Crippen molar-refractivity contribution in [2.75, 3.05) is 23.9 Å². The minimum Gasteiger partial charge on any atom is -0.497 e. The van der Waals surface area contributed by atoms with Gasteiger partial charge < -0.3 is 21.5 Å². The van der Waals surface area contributed by atoms with E-state index in [2.05, 4.69) is 5.32 Å². The molecule has 0 fully saturated rings. The van der Waals surface area contributed by atoms with E-state index >= 15 is 0 Å². The number of methoxy groups -OCH3 is 1. The first-order valence-corrected chi connectivity index (χ1v) is 5.71. The van der Waals surface area contributed by atoms with Crippen molar-refractivity contribution in [1.82, 2.24) is 0 Å². The lowest BCUT2D eigenvalue weighted by atomic mass is 10.2. The van der Waals surface area contributed by atoms with Crippen LogP contribution in [0.1, 0.15) is 5.56 Å². The van der Waals surface area contributed by atoms with E-state index in [1.165, 1.54) is 5.56 Å². The summed E-state index contributed by atoms with van der Waals surface area (Å²) < 4.78 is 5.11. The molecule has 0 saturated carbocycles. The van der Waals surface area contributed by atoms with Gasteiger partial charge in [-0.1, -0.05) is 12.1 Å². The molecule has 0 radical (unpaired) electrons. The summed E-state index contributed by atoms with van der Waals surface area (Å²) in [6.07, 6.45) is 0. The molecule has 0 saturated heterocycles. The molecule has 0 amide bonds. The van der Waals surface area contributed by atoms with Gasteiger partial charge in [0.25, 0.3) is 0 Å². The van der Waals surface area contributed by atoms with Crippen LogP contribution in [-0.4, -0.2) is 7.11 Å². The van der Waals surface area contributed by atoms with Gasteiger partial charge in [-0.05, 0) is 35.9 Å². The van der Waals surface area contributed by atoms with Gasteiger partial charge in [0.15, 0.2) is 0 Å². The van der Waals surface area contributed by atoms with Crippen LogP contribution in [0, 0.1) is 0 Å². The summed E-state index contributed by atoms with van der Waals surface area (Å²) in [7, 11) is 1.66. The monoisotopic (exact) mass is 243 g/mol. The van der Waals surface area contributed by atoms with Gasteiger partial charge in [-0.2, -0.15) is 0 Å². The zero-order chi connectivity index (χ0) is 13.0. The third-order valence-electron chi connectivity index (χ3n) is 2.74. The molecule has 18 heavy (non-hydrogen) atoms. The lowest BCUT2D eigenvalue weighted by molar-refractivity contribution is 0.414. The van der Waals surface area contributed by atoms with E-state index in [1.807, 2.05) is 36.4 Å². The molecular formula is C14H17N3O. The number of nitrogens with one attached hydrogen (secondary N) is 1. The van der Waals surface area contributed by atoms with E-state index in [1.54, 1.807) is 13.2 Å². The van der Waals surface area contributed by atoms with Gasteiger partial charge in [0.05, 0.1) is 18.5 Å². The first-order valence-electron chi connectivity index (χ1n) is 5.71. The summed E-state index contributed by atoms with van der Waals surface area (Å²) in [6, 6.07) is 13.5. The van der Waals surface area contributed by atoms with Crippen LogP contribution in [-0.2, 0) is 6.54 Å². The number of nitrogen functional groups attached to an aromatic ring is 2. The Morgan fingerprint density at radius 1 is 1.00 bits per heavy atom. The van der Waals surface area contributed by atoms with Crippen LogP contribution in [0.3, 0.4) is 0 Å². The summed E-state index contributed by atoms with van der Waals surface area (Å²) in [5, 5.41) is 3.29. The predicted octanol–water partition coefficient (Wildman–Crippen LogP) is 2.47. The predicted molar refractivity (Wildman–Crippen MR) is 75.6 cm³/mol. The van der Waals surface area contributed by atoms with Crippen molar-refractivity contribution in [1.29, 1.82) is 0 Å². The van der Waals surface area contributed by atoms with Gasteiger partial charge in [-0.3, -0.25) is 0 Å². The first-order chi connectivity index (χ1) is 8.69. The average Bonchev–Trinajstić information content (AvgIpc) is 2.41. The third kappa shape index (κ3) is 2.85. The molecule has 0 aliphatic rings. The van der Waals surface area contributed by atoms with E-state index in [0.29, 0.717) is 11.4 Å². The largest absolute Gasteiger partial charge is 0.497 e. The fraction of sp³-hybridized carbons (Fsp3) is 0.143. The number of ether oxygens (including phenoxy) is 1. The summed E-state index contributed by atoms with van der Waals surface area (Å²) in [6.45, 7) is 0.730. The topological polar surface area (TPSA) is 73.3 Å². The van der Waals surface area contributed by atoms with E-state index in [0.717, 1.165) is 18.0 Å². The van der Waals surface area contributed by atoms with Crippen LogP contribution in [0.4, 0.5) is 17.1 Å². The lowest BCUT2D eigenvalue weighted by Gasteiger charge is -2.09. The molecule has 5 N–H and O–H groups in total. The highest BCUT2D eigenvalue weighted by Crippen LogP contribution is 2.20. The Labute approximate surface area is 107 Å². The van der Waals surface area contributed by atoms with Crippen molar-refractivity contribution in [2.24, 2.45) is 0 Å². The smallest absolute Gasteiger partial charge is 0.118 e. The molecule has 0 bridgehead atoms. The second-order valence-electron chi connectivity index (χ2n) is 4.05. The van der Waals surface area contributed by atoms with Crippen LogP contribution in [0.2, 0.25) is 0 Å². The number of hydrogen-bond acceptors (Lipinski definition) is 4. The quantitative estimate of drug-likeness (QED) is 0.721. The molecule has 0 aliphatic carbocycles. The summed E-state index contributed by atoms with van der Waals surface area (Å²) in [5.41, 5.74) is 14.7. The van der Waals surface area contributed by atoms with E-state index in [9.17, 15) is 0 Å². The molecule has 2 rings (SSSR count). The zero-order valence-electron chi connectivity index (χ0n) is 10.3. The Morgan fingerprint density at radius 2 is 1.72 bits per heavy atom. The average molecular weight is 243 g/mol. The molecule has 0 unspecified atom stereocenters. The van der Waals surface area contributed by atoms with Crippen molar-refractivity contribution >= 4 is 17.1 Å². The fourth-order valence-corrected chi connectivity index (χ4v) is 1.63. The maximum absolute atomic E-state index is 5.75. The Bertz CT molecular complexity index is 523. The fourth-order valence-electron chi connectivity index (χ4n) is 1.63. The summed E-state index contributed by atoms with van der Waals surface area (Å²) in [5.74, 6) is 0.857. The van der Waals surface area contributed by atoms with Gasteiger partial charge >= 0.3 is 0 Å². The molecule has 0 spiro atoms. The van der Waals surface area contributed by atoms with Crippen LogP contribution in [0.5, 0.6) is 5.75 Å². The molecule has 0 heterocycles. The minimum atomic E-state index is 0.592. The summed E-state index contributed by atoms with van der Waals surface area (Å²) >= 11 is 0. The molecular weight excluding hydrogens is 226 g/mol. The van der Waals surface area contributed by atoms with Crippen LogP contribution in [0.25, 0.3) is 0 Å². The third-order valence-corrected chi connectivity index (χ3v) is 2.74. The maximum atomic E-state index is 5.75. The maximum Gasteiger partial charge on any atom is 0.118 e. The van der Waals surface area contributed by atoms with Crippen LogP contribution >= 0.6 is 0 Å². The van der Waals surface area contributed by atoms with E-state index in [4.69, 9.17) is 16.2 Å². The normalized spacial score (nSPS) is 10.1. The number of nitrogens with two attached hydrogens (primary N) is 2. The van der Waals surface area contributed by atoms with Crippen LogP contribution < -0.4 is 21.5 Å². The van der Waals surface area contributed by atoms with Crippen molar-refractivity contribution in [3.05, 3.63) is 48.0 Å². The Balaban J connectivity index is 1.99. The van der Waals surface area contributed by atoms with Crippen molar-refractivity contribution in [2.45, 2.75) is 6.54 Å². The first kappa shape index (κ1) is 12.1. The second kappa shape index (κ2) is 5.31. The highest BCUT2D eigenvalue weighted by molar-refractivity contribution is 5.69. The van der Waals surface area contributed by atoms with Crippen molar-refractivity contribution < 1.29 is 4.74 Å². The molecule has 4 nitrogen and oxygen atoms in total. The molecule has 2 aromatic carbocycles. The van der Waals surface area contributed by atoms with Crippen molar-refractivity contribution in [3.63, 3.8) is 0 Å². The second-order valence-corrected chi connectivity index (χ2v) is 4.05. The molecule has 0 aliphatic heterocycles. The Kier molecular flexibility index (Phi) is 3.57. The van der Waals surface area contributed by atoms with Crippen LogP contribution in [0.15, 0.2) is 42.5 Å².